The van der Waals surface area contributed by atoms with Gasteiger partial charge in [-0.25, -0.2) is 9.59 Å². The summed E-state index contributed by atoms with van der Waals surface area (Å²) in [6, 6.07) is 9.26. The standard InChI is InChI=1S/C21H22N2O4/c1-21(2,3)27-20(25)23-13-15(16-7-5-6-8-18(16)23)11-17(19(24)26-4)14-9-10-22-12-14/h5-13,22H,1-4H3/b17-11+. The molecule has 0 unspecified atom stereocenters. The Balaban J connectivity index is 2.14. The molecular weight excluding hydrogens is 344 g/mol. The first kappa shape index (κ1) is 18.5. The number of rotatable bonds is 3. The molecule has 27 heavy (non-hydrogen) atoms. The second-order valence-electron chi connectivity index (χ2n) is 7.10. The molecule has 0 saturated carbocycles. The number of benzene rings is 1. The van der Waals surface area contributed by atoms with Gasteiger partial charge in [-0.05, 0) is 39.0 Å². The Morgan fingerprint density at radius 3 is 2.52 bits per heavy atom. The molecule has 0 amide bonds. The van der Waals surface area contributed by atoms with Crippen LogP contribution in [0.15, 0.2) is 48.9 Å². The van der Waals surface area contributed by atoms with Gasteiger partial charge in [-0.15, -0.1) is 0 Å². The summed E-state index contributed by atoms with van der Waals surface area (Å²) in [5.74, 6) is -0.455. The van der Waals surface area contributed by atoms with Crippen molar-refractivity contribution >= 4 is 34.6 Å². The van der Waals surface area contributed by atoms with Crippen LogP contribution < -0.4 is 0 Å². The molecule has 0 fully saturated rings. The zero-order valence-corrected chi connectivity index (χ0v) is 15.8. The number of carbonyl (C=O) groups is 2. The summed E-state index contributed by atoms with van der Waals surface area (Å²) < 4.78 is 11.9. The van der Waals surface area contributed by atoms with Crippen LogP contribution in [0.1, 0.15) is 31.9 Å². The average Bonchev–Trinajstić information content (AvgIpc) is 3.25. The second-order valence-corrected chi connectivity index (χ2v) is 7.10. The number of nitrogens with one attached hydrogen (secondary N) is 1. The minimum atomic E-state index is -0.610. The van der Waals surface area contributed by atoms with Crippen LogP contribution in [-0.4, -0.2) is 34.3 Å². The molecule has 0 atom stereocenters. The van der Waals surface area contributed by atoms with Crippen LogP contribution >= 0.6 is 0 Å². The fraction of sp³-hybridized carbons (Fsp3) is 0.238. The minimum Gasteiger partial charge on any atom is -0.465 e. The lowest BCUT2D eigenvalue weighted by molar-refractivity contribution is -0.133. The fourth-order valence-electron chi connectivity index (χ4n) is 2.80. The monoisotopic (exact) mass is 366 g/mol. The topological polar surface area (TPSA) is 73.3 Å². The Hall–Kier alpha value is -3.28. The number of H-pyrrole nitrogens is 1. The molecule has 6 nitrogen and oxygen atoms in total. The van der Waals surface area contributed by atoms with E-state index in [-0.39, 0.29) is 0 Å². The van der Waals surface area contributed by atoms with E-state index in [4.69, 9.17) is 9.47 Å². The maximum atomic E-state index is 12.6. The molecule has 140 valence electrons. The fourth-order valence-corrected chi connectivity index (χ4v) is 2.80. The van der Waals surface area contributed by atoms with E-state index in [1.165, 1.54) is 11.7 Å². The minimum absolute atomic E-state index is 0.394. The maximum Gasteiger partial charge on any atom is 0.419 e. The molecule has 0 aliphatic rings. The Bertz CT molecular complexity index is 1000. The SMILES string of the molecule is COC(=O)/C(=C/c1cn(C(=O)OC(C)(C)C)c2ccccc12)c1cc[nH]c1. The lowest BCUT2D eigenvalue weighted by Gasteiger charge is -2.19. The van der Waals surface area contributed by atoms with Crippen LogP contribution in [0.3, 0.4) is 0 Å². The quantitative estimate of drug-likeness (QED) is 0.548. The smallest absolute Gasteiger partial charge is 0.419 e. The largest absolute Gasteiger partial charge is 0.465 e. The first-order valence-electron chi connectivity index (χ1n) is 8.57. The Morgan fingerprint density at radius 1 is 1.15 bits per heavy atom. The Morgan fingerprint density at radius 2 is 1.89 bits per heavy atom. The molecule has 0 aliphatic heterocycles. The second kappa shape index (κ2) is 7.15. The summed E-state index contributed by atoms with van der Waals surface area (Å²) in [6.07, 6.45) is 6.37. The number of hydrogen-bond donors (Lipinski definition) is 1. The van der Waals surface area contributed by atoms with Crippen LogP contribution in [0, 0.1) is 0 Å². The van der Waals surface area contributed by atoms with E-state index in [2.05, 4.69) is 4.98 Å². The number of esters is 1. The highest BCUT2D eigenvalue weighted by Gasteiger charge is 2.21. The van der Waals surface area contributed by atoms with Gasteiger partial charge in [0.1, 0.15) is 5.60 Å². The highest BCUT2D eigenvalue weighted by Crippen LogP contribution is 2.27. The van der Waals surface area contributed by atoms with E-state index in [0.29, 0.717) is 16.7 Å². The molecule has 2 heterocycles. The van der Waals surface area contributed by atoms with Gasteiger partial charge in [0.2, 0.25) is 0 Å². The molecule has 0 bridgehead atoms. The van der Waals surface area contributed by atoms with Gasteiger partial charge >= 0.3 is 12.1 Å². The van der Waals surface area contributed by atoms with Gasteiger partial charge in [0.25, 0.3) is 0 Å². The number of aromatic nitrogens is 2. The van der Waals surface area contributed by atoms with Crippen LogP contribution in [0.4, 0.5) is 4.79 Å². The number of ether oxygens (including phenoxy) is 2. The van der Waals surface area contributed by atoms with Crippen molar-refractivity contribution in [3.8, 4) is 0 Å². The number of fused-ring (bicyclic) bond motifs is 1. The lowest BCUT2D eigenvalue weighted by Crippen LogP contribution is -2.26. The van der Waals surface area contributed by atoms with Crippen molar-refractivity contribution in [1.29, 1.82) is 0 Å². The summed E-state index contributed by atoms with van der Waals surface area (Å²) >= 11 is 0. The molecule has 3 aromatic rings. The van der Waals surface area contributed by atoms with Gasteiger partial charge in [0.05, 0.1) is 18.2 Å². The van der Waals surface area contributed by atoms with Crippen molar-refractivity contribution in [2.45, 2.75) is 26.4 Å². The van der Waals surface area contributed by atoms with Gasteiger partial charge in [0.15, 0.2) is 0 Å². The number of nitrogens with zero attached hydrogens (tertiary/aromatic N) is 1. The van der Waals surface area contributed by atoms with Gasteiger partial charge in [-0.1, -0.05) is 18.2 Å². The number of hydrogen-bond acceptors (Lipinski definition) is 4. The normalized spacial score (nSPS) is 12.2. The van der Waals surface area contributed by atoms with Crippen LogP contribution in [0.2, 0.25) is 0 Å². The third-order valence-electron chi connectivity index (χ3n) is 3.95. The van der Waals surface area contributed by atoms with Crippen molar-refractivity contribution in [2.24, 2.45) is 0 Å². The van der Waals surface area contributed by atoms with E-state index < -0.39 is 17.7 Å². The van der Waals surface area contributed by atoms with Crippen LogP contribution in [0.5, 0.6) is 0 Å². The molecule has 0 aliphatic carbocycles. The molecule has 6 heteroatoms. The van der Waals surface area contributed by atoms with E-state index in [0.717, 1.165) is 10.9 Å². The number of para-hydroxylation sites is 1. The van der Waals surface area contributed by atoms with Crippen molar-refractivity contribution in [3.05, 3.63) is 60.0 Å². The highest BCUT2D eigenvalue weighted by atomic mass is 16.6. The zero-order valence-electron chi connectivity index (χ0n) is 15.8. The molecule has 0 radical (unpaired) electrons. The molecule has 0 spiro atoms. The third kappa shape index (κ3) is 3.95. The number of carbonyl (C=O) groups excluding carboxylic acids is 2. The molecule has 1 aromatic carbocycles. The first-order valence-corrected chi connectivity index (χ1v) is 8.57. The van der Waals surface area contributed by atoms with E-state index in [9.17, 15) is 9.59 Å². The van der Waals surface area contributed by atoms with Crippen LogP contribution in [0.25, 0.3) is 22.6 Å². The van der Waals surface area contributed by atoms with Gasteiger partial charge < -0.3 is 14.5 Å². The predicted molar refractivity (Wildman–Crippen MR) is 104 cm³/mol. The maximum absolute atomic E-state index is 12.6. The predicted octanol–water partition coefficient (Wildman–Crippen LogP) is 4.47. The highest BCUT2D eigenvalue weighted by molar-refractivity contribution is 6.22. The summed E-state index contributed by atoms with van der Waals surface area (Å²) in [4.78, 5) is 27.8. The van der Waals surface area contributed by atoms with Gasteiger partial charge in [0, 0.05) is 35.1 Å². The third-order valence-corrected chi connectivity index (χ3v) is 3.95. The summed E-state index contributed by atoms with van der Waals surface area (Å²) in [5, 5.41) is 0.834. The van der Waals surface area contributed by atoms with Crippen molar-refractivity contribution in [1.82, 2.24) is 9.55 Å². The molecule has 0 saturated heterocycles. The van der Waals surface area contributed by atoms with Gasteiger partial charge in [-0.2, -0.15) is 0 Å². The zero-order chi connectivity index (χ0) is 19.6. The molecule has 3 rings (SSSR count). The van der Waals surface area contributed by atoms with E-state index >= 15 is 0 Å². The lowest BCUT2D eigenvalue weighted by atomic mass is 10.1. The van der Waals surface area contributed by atoms with E-state index in [1.54, 1.807) is 30.7 Å². The van der Waals surface area contributed by atoms with Crippen molar-refractivity contribution in [2.75, 3.05) is 7.11 Å². The molecular formula is C21H22N2O4. The molecule has 1 N–H and O–H groups in total. The van der Waals surface area contributed by atoms with Gasteiger partial charge in [-0.3, -0.25) is 4.57 Å². The number of aromatic amines is 1. The van der Waals surface area contributed by atoms with E-state index in [1.807, 2.05) is 45.0 Å². The van der Waals surface area contributed by atoms with Crippen LogP contribution in [-0.2, 0) is 14.3 Å². The average molecular weight is 366 g/mol. The first-order chi connectivity index (χ1) is 12.8. The summed E-state index contributed by atoms with van der Waals surface area (Å²) in [5.41, 5.74) is 1.91. The Labute approximate surface area is 157 Å². The summed E-state index contributed by atoms with van der Waals surface area (Å²) in [7, 11) is 1.34. The summed E-state index contributed by atoms with van der Waals surface area (Å²) in [6.45, 7) is 5.45. The van der Waals surface area contributed by atoms with Crippen molar-refractivity contribution < 1.29 is 19.1 Å². The Kier molecular flexibility index (Phi) is 4.90. The van der Waals surface area contributed by atoms with Crippen molar-refractivity contribution in [3.63, 3.8) is 0 Å². The number of methoxy groups -OCH3 is 1. The molecule has 2 aromatic heterocycles.